The van der Waals surface area contributed by atoms with Gasteiger partial charge >= 0.3 is 6.09 Å². The van der Waals surface area contributed by atoms with Crippen molar-refractivity contribution in [3.63, 3.8) is 0 Å². The van der Waals surface area contributed by atoms with E-state index in [0.717, 1.165) is 5.56 Å². The number of ether oxygens (including phenoxy) is 1. The highest BCUT2D eigenvalue weighted by molar-refractivity contribution is 7.95. The molecule has 0 fully saturated rings. The van der Waals surface area contributed by atoms with Gasteiger partial charge in [0.25, 0.3) is 0 Å². The number of sulfone groups is 1. The lowest BCUT2D eigenvalue weighted by Gasteiger charge is -2.28. The maximum absolute atomic E-state index is 12.9. The van der Waals surface area contributed by atoms with Crippen LogP contribution >= 0.6 is 0 Å². The lowest BCUT2D eigenvalue weighted by Crippen LogP contribution is -2.41. The van der Waals surface area contributed by atoms with Crippen molar-refractivity contribution in [2.24, 2.45) is 0 Å². The van der Waals surface area contributed by atoms with E-state index in [1.54, 1.807) is 57.2 Å². The minimum absolute atomic E-state index is 0.240. The average molecular weight is 347 g/mol. The molecule has 24 heavy (non-hydrogen) atoms. The molecule has 2 atom stereocenters. The second kappa shape index (κ2) is 5.48. The maximum Gasteiger partial charge on any atom is 0.411 e. The summed E-state index contributed by atoms with van der Waals surface area (Å²) in [5.41, 5.74) is 0.362. The summed E-state index contributed by atoms with van der Waals surface area (Å²) in [5.74, 6) is 0. The standard InChI is InChI=1S/C18H21NO4S/c1-12-5-8-14(9-6-12)24(21,22)16-11-13-7-10-15(16)19(13)17(20)23-18(2,3)4/h5-11,13,15H,1-4H3/t13-,15+/m1/s1. The Kier molecular flexibility index (Phi) is 3.83. The molecular formula is C18H21NO4S. The fraction of sp³-hybridized carbons (Fsp3) is 0.389. The first kappa shape index (κ1) is 16.8. The normalized spacial score (nSPS) is 22.7. The SMILES string of the molecule is Cc1ccc(S(=O)(=O)C2=C[C@H]3C=C[C@@H]2N3C(=O)OC(C)(C)C)cc1. The van der Waals surface area contributed by atoms with Crippen LogP contribution in [0.4, 0.5) is 4.79 Å². The number of nitrogens with zero attached hydrogens (tertiary/aromatic N) is 1. The number of rotatable bonds is 2. The first-order valence-electron chi connectivity index (χ1n) is 7.83. The third-order valence-corrected chi connectivity index (χ3v) is 5.87. The number of aryl methyl sites for hydroxylation is 1. The summed E-state index contributed by atoms with van der Waals surface area (Å²) >= 11 is 0. The van der Waals surface area contributed by atoms with E-state index >= 15 is 0 Å². The largest absolute Gasteiger partial charge is 0.444 e. The third-order valence-electron chi connectivity index (χ3n) is 3.98. The van der Waals surface area contributed by atoms with Crippen LogP contribution in [0, 0.1) is 6.92 Å². The molecule has 1 aromatic rings. The molecule has 0 spiro atoms. The second-order valence-corrected chi connectivity index (χ2v) is 9.04. The Balaban J connectivity index is 1.88. The topological polar surface area (TPSA) is 63.7 Å². The smallest absolute Gasteiger partial charge is 0.411 e. The van der Waals surface area contributed by atoms with Gasteiger partial charge in [-0.25, -0.2) is 13.2 Å². The molecule has 2 bridgehead atoms. The number of amides is 1. The van der Waals surface area contributed by atoms with Crippen LogP contribution in [-0.4, -0.2) is 37.1 Å². The molecule has 0 radical (unpaired) electrons. The van der Waals surface area contributed by atoms with Gasteiger partial charge in [-0.2, -0.15) is 0 Å². The Morgan fingerprint density at radius 2 is 1.75 bits per heavy atom. The van der Waals surface area contributed by atoms with Gasteiger partial charge in [0.15, 0.2) is 0 Å². The molecule has 3 rings (SSSR count). The van der Waals surface area contributed by atoms with Gasteiger partial charge in [-0.3, -0.25) is 4.90 Å². The van der Waals surface area contributed by atoms with Gasteiger partial charge in [-0.15, -0.1) is 0 Å². The number of carbonyl (C=O) groups is 1. The molecule has 5 nitrogen and oxygen atoms in total. The molecule has 0 saturated heterocycles. The summed E-state index contributed by atoms with van der Waals surface area (Å²) in [6.07, 6.45) is 4.69. The number of carbonyl (C=O) groups excluding carboxylic acids is 1. The zero-order valence-corrected chi connectivity index (χ0v) is 15.0. The van der Waals surface area contributed by atoms with Crippen LogP contribution in [0.1, 0.15) is 26.3 Å². The summed E-state index contributed by atoms with van der Waals surface area (Å²) in [6.45, 7) is 7.26. The molecule has 128 valence electrons. The van der Waals surface area contributed by atoms with Gasteiger partial charge in [0.1, 0.15) is 5.60 Å². The zero-order valence-electron chi connectivity index (χ0n) is 14.2. The van der Waals surface area contributed by atoms with Gasteiger partial charge in [0.05, 0.1) is 21.9 Å². The van der Waals surface area contributed by atoms with Crippen molar-refractivity contribution >= 4 is 15.9 Å². The van der Waals surface area contributed by atoms with Crippen molar-refractivity contribution in [1.29, 1.82) is 0 Å². The monoisotopic (exact) mass is 347 g/mol. The average Bonchev–Trinajstić information content (AvgIpc) is 3.04. The predicted molar refractivity (Wildman–Crippen MR) is 91.2 cm³/mol. The Morgan fingerprint density at radius 3 is 2.33 bits per heavy atom. The molecule has 0 aliphatic carbocycles. The summed E-state index contributed by atoms with van der Waals surface area (Å²) < 4.78 is 31.2. The minimum Gasteiger partial charge on any atom is -0.444 e. The van der Waals surface area contributed by atoms with Gasteiger partial charge < -0.3 is 4.74 Å². The van der Waals surface area contributed by atoms with Crippen LogP contribution in [-0.2, 0) is 14.6 Å². The van der Waals surface area contributed by atoms with Crippen molar-refractivity contribution in [3.05, 3.63) is 53.0 Å². The zero-order chi connectivity index (χ0) is 17.7. The van der Waals surface area contributed by atoms with E-state index in [2.05, 4.69) is 0 Å². The second-order valence-electron chi connectivity index (χ2n) is 7.09. The highest BCUT2D eigenvalue weighted by Crippen LogP contribution is 2.38. The van der Waals surface area contributed by atoms with E-state index in [4.69, 9.17) is 4.74 Å². The quantitative estimate of drug-likeness (QED) is 0.771. The minimum atomic E-state index is -3.64. The molecule has 0 aromatic heterocycles. The van der Waals surface area contributed by atoms with Crippen molar-refractivity contribution in [2.45, 2.75) is 50.3 Å². The molecule has 6 heteroatoms. The van der Waals surface area contributed by atoms with Crippen LogP contribution in [0.2, 0.25) is 0 Å². The van der Waals surface area contributed by atoms with E-state index in [1.807, 2.05) is 13.0 Å². The van der Waals surface area contributed by atoms with Crippen LogP contribution in [0.5, 0.6) is 0 Å². The van der Waals surface area contributed by atoms with Crippen molar-refractivity contribution in [3.8, 4) is 0 Å². The first-order valence-corrected chi connectivity index (χ1v) is 9.31. The van der Waals surface area contributed by atoms with E-state index in [-0.39, 0.29) is 15.8 Å². The summed E-state index contributed by atoms with van der Waals surface area (Å²) in [5, 5.41) is 0. The fourth-order valence-corrected chi connectivity index (χ4v) is 4.47. The van der Waals surface area contributed by atoms with Crippen molar-refractivity contribution in [1.82, 2.24) is 4.90 Å². The predicted octanol–water partition coefficient (Wildman–Crippen LogP) is 3.21. The summed E-state index contributed by atoms with van der Waals surface area (Å²) in [7, 11) is -3.64. The van der Waals surface area contributed by atoms with Gasteiger partial charge in [-0.05, 0) is 45.9 Å². The molecule has 0 saturated carbocycles. The van der Waals surface area contributed by atoms with Crippen LogP contribution in [0.3, 0.4) is 0 Å². The molecule has 0 unspecified atom stereocenters. The van der Waals surface area contributed by atoms with E-state index < -0.39 is 27.6 Å². The maximum atomic E-state index is 12.9. The van der Waals surface area contributed by atoms with Crippen LogP contribution in [0.15, 0.2) is 52.3 Å². The molecule has 2 heterocycles. The first-order chi connectivity index (χ1) is 11.1. The number of benzene rings is 1. The van der Waals surface area contributed by atoms with Gasteiger partial charge in [-0.1, -0.05) is 29.8 Å². The molecule has 1 amide bonds. The van der Waals surface area contributed by atoms with E-state index in [1.165, 1.54) is 4.90 Å². The number of hydrogen-bond donors (Lipinski definition) is 0. The highest BCUT2D eigenvalue weighted by Gasteiger charge is 2.46. The lowest BCUT2D eigenvalue weighted by atomic mass is 10.2. The third kappa shape index (κ3) is 2.86. The van der Waals surface area contributed by atoms with Crippen molar-refractivity contribution in [2.75, 3.05) is 0 Å². The highest BCUT2D eigenvalue weighted by atomic mass is 32.2. The molecule has 0 N–H and O–H groups in total. The van der Waals surface area contributed by atoms with Gasteiger partial charge in [0, 0.05) is 0 Å². The van der Waals surface area contributed by atoms with Crippen LogP contribution in [0.25, 0.3) is 0 Å². The fourth-order valence-electron chi connectivity index (χ4n) is 2.88. The van der Waals surface area contributed by atoms with E-state index in [9.17, 15) is 13.2 Å². The molecular weight excluding hydrogens is 326 g/mol. The molecule has 2 aliphatic heterocycles. The lowest BCUT2D eigenvalue weighted by molar-refractivity contribution is 0.0245. The molecule has 2 aliphatic rings. The summed E-state index contributed by atoms with van der Waals surface area (Å²) in [6, 6.07) is 5.75. The number of fused-ring (bicyclic) bond motifs is 2. The Hall–Kier alpha value is -2.08. The molecule has 1 aromatic carbocycles. The van der Waals surface area contributed by atoms with Crippen LogP contribution < -0.4 is 0 Å². The van der Waals surface area contributed by atoms with Gasteiger partial charge in [0.2, 0.25) is 9.84 Å². The summed E-state index contributed by atoms with van der Waals surface area (Å²) in [4.78, 5) is 14.4. The Morgan fingerprint density at radius 1 is 1.12 bits per heavy atom. The van der Waals surface area contributed by atoms with Crippen molar-refractivity contribution < 1.29 is 17.9 Å². The number of hydrogen-bond acceptors (Lipinski definition) is 4. The van der Waals surface area contributed by atoms with E-state index in [0.29, 0.717) is 0 Å². The Labute approximate surface area is 142 Å². The Bertz CT molecular complexity index is 829.